The summed E-state index contributed by atoms with van der Waals surface area (Å²) >= 11 is 0. The first-order chi connectivity index (χ1) is 14.8. The van der Waals surface area contributed by atoms with Gasteiger partial charge in [-0.2, -0.15) is 0 Å². The van der Waals surface area contributed by atoms with Gasteiger partial charge in [-0.3, -0.25) is 0 Å². The Labute approximate surface area is 176 Å². The predicted octanol–water partition coefficient (Wildman–Crippen LogP) is 0.0945. The minimum Gasteiger partial charge on any atom is -0.508 e. The molecule has 0 spiro atoms. The quantitative estimate of drug-likeness (QED) is 0.350. The van der Waals surface area contributed by atoms with Crippen LogP contribution in [0.2, 0.25) is 0 Å². The standard InChI is InChI=1S/C21H22O10/c22-8-16-17(26)18(27)19(28)21(31-16)30-15-7-12-13(25)5-11(24)6-14(12)29-20(15)9-1-3-10(23)4-2-9/h1-7,16-28H,8H2/t16-,17+,18-,19-,20?,21+/m1/s1. The van der Waals surface area contributed by atoms with E-state index in [1.54, 1.807) is 12.1 Å². The number of hydrogen-bond donors (Lipinski definition) is 7. The molecule has 7 N–H and O–H groups in total. The summed E-state index contributed by atoms with van der Waals surface area (Å²) in [7, 11) is 0. The predicted molar refractivity (Wildman–Crippen MR) is 104 cm³/mol. The van der Waals surface area contributed by atoms with Gasteiger partial charge >= 0.3 is 0 Å². The van der Waals surface area contributed by atoms with E-state index in [1.165, 1.54) is 24.3 Å². The molecule has 0 aliphatic carbocycles. The van der Waals surface area contributed by atoms with Crippen molar-refractivity contribution in [2.45, 2.75) is 36.8 Å². The first kappa shape index (κ1) is 21.2. The number of benzene rings is 2. The van der Waals surface area contributed by atoms with E-state index in [0.29, 0.717) is 5.56 Å². The van der Waals surface area contributed by atoms with Crippen LogP contribution in [0.15, 0.2) is 42.2 Å². The van der Waals surface area contributed by atoms with Crippen LogP contribution < -0.4 is 4.74 Å². The number of aliphatic hydroxyl groups excluding tert-OH is 4. The number of ether oxygens (including phenoxy) is 3. The van der Waals surface area contributed by atoms with Crippen molar-refractivity contribution >= 4 is 6.08 Å². The zero-order chi connectivity index (χ0) is 22.3. The molecule has 1 fully saturated rings. The van der Waals surface area contributed by atoms with Crippen LogP contribution in [0.25, 0.3) is 6.08 Å². The molecular weight excluding hydrogens is 412 g/mol. The van der Waals surface area contributed by atoms with Gasteiger partial charge in [0.1, 0.15) is 53.2 Å². The highest BCUT2D eigenvalue weighted by Crippen LogP contribution is 2.44. The summed E-state index contributed by atoms with van der Waals surface area (Å²) in [6.07, 6.45) is -6.96. The average Bonchev–Trinajstić information content (AvgIpc) is 2.74. The fraction of sp³-hybridized carbons (Fsp3) is 0.333. The lowest BCUT2D eigenvalue weighted by molar-refractivity contribution is -0.293. The molecular formula is C21H22O10. The number of phenolic OH excluding ortho intramolecular Hbond substituents is 3. The van der Waals surface area contributed by atoms with Crippen LogP contribution in [0.3, 0.4) is 0 Å². The van der Waals surface area contributed by atoms with Crippen molar-refractivity contribution in [2.24, 2.45) is 0 Å². The van der Waals surface area contributed by atoms with Gasteiger partial charge in [-0.15, -0.1) is 0 Å². The van der Waals surface area contributed by atoms with E-state index in [-0.39, 0.29) is 34.3 Å². The summed E-state index contributed by atoms with van der Waals surface area (Å²) in [5.74, 6) is -0.239. The summed E-state index contributed by atoms with van der Waals surface area (Å²) in [4.78, 5) is 0. The highest BCUT2D eigenvalue weighted by atomic mass is 16.7. The van der Waals surface area contributed by atoms with Crippen molar-refractivity contribution in [1.82, 2.24) is 0 Å². The number of fused-ring (bicyclic) bond motifs is 1. The second-order valence-electron chi connectivity index (χ2n) is 7.33. The summed E-state index contributed by atoms with van der Waals surface area (Å²) in [6.45, 7) is -0.620. The first-order valence-electron chi connectivity index (χ1n) is 9.49. The third-order valence-corrected chi connectivity index (χ3v) is 5.19. The summed E-state index contributed by atoms with van der Waals surface area (Å²) in [6, 6.07) is 8.42. The van der Waals surface area contributed by atoms with Gasteiger partial charge in [0.25, 0.3) is 0 Å². The molecule has 0 saturated carbocycles. The maximum Gasteiger partial charge on any atom is 0.228 e. The second-order valence-corrected chi connectivity index (χ2v) is 7.33. The molecule has 4 rings (SSSR count). The van der Waals surface area contributed by atoms with Gasteiger partial charge in [-0.1, -0.05) is 12.1 Å². The Morgan fingerprint density at radius 3 is 2.26 bits per heavy atom. The van der Waals surface area contributed by atoms with E-state index >= 15 is 0 Å². The molecule has 166 valence electrons. The molecule has 2 aliphatic rings. The zero-order valence-corrected chi connectivity index (χ0v) is 16.1. The highest BCUT2D eigenvalue weighted by Gasteiger charge is 2.45. The van der Waals surface area contributed by atoms with Crippen LogP contribution in [-0.2, 0) is 9.47 Å². The maximum absolute atomic E-state index is 10.3. The Morgan fingerprint density at radius 2 is 1.58 bits per heavy atom. The van der Waals surface area contributed by atoms with E-state index < -0.39 is 43.4 Å². The van der Waals surface area contributed by atoms with Crippen molar-refractivity contribution in [2.75, 3.05) is 6.61 Å². The van der Waals surface area contributed by atoms with Crippen LogP contribution >= 0.6 is 0 Å². The lowest BCUT2D eigenvalue weighted by atomic mass is 9.98. The molecule has 0 amide bonds. The van der Waals surface area contributed by atoms with Crippen molar-refractivity contribution in [1.29, 1.82) is 0 Å². The van der Waals surface area contributed by atoms with E-state index in [1.807, 2.05) is 0 Å². The van der Waals surface area contributed by atoms with Crippen molar-refractivity contribution in [3.63, 3.8) is 0 Å². The monoisotopic (exact) mass is 434 g/mol. The third-order valence-electron chi connectivity index (χ3n) is 5.19. The molecule has 0 radical (unpaired) electrons. The molecule has 10 nitrogen and oxygen atoms in total. The van der Waals surface area contributed by atoms with Crippen molar-refractivity contribution in [3.05, 3.63) is 53.3 Å². The molecule has 10 heteroatoms. The second kappa shape index (κ2) is 8.25. The van der Waals surface area contributed by atoms with E-state index in [4.69, 9.17) is 14.2 Å². The zero-order valence-electron chi connectivity index (χ0n) is 16.1. The molecule has 0 bridgehead atoms. The molecule has 0 aromatic heterocycles. The van der Waals surface area contributed by atoms with Crippen molar-refractivity contribution < 1.29 is 50.0 Å². The minimum absolute atomic E-state index is 0.0237. The van der Waals surface area contributed by atoms with Gasteiger partial charge in [0, 0.05) is 17.7 Å². The number of aliphatic hydroxyl groups is 4. The fourth-order valence-corrected chi connectivity index (χ4v) is 3.52. The Hall–Kier alpha value is -3.02. The molecule has 1 saturated heterocycles. The average molecular weight is 434 g/mol. The summed E-state index contributed by atoms with van der Waals surface area (Å²) < 4.78 is 17.1. The molecule has 6 atom stereocenters. The van der Waals surface area contributed by atoms with Crippen LogP contribution in [0.5, 0.6) is 23.0 Å². The number of hydrogen-bond acceptors (Lipinski definition) is 10. The molecule has 1 unspecified atom stereocenters. The van der Waals surface area contributed by atoms with Crippen LogP contribution in [0.4, 0.5) is 0 Å². The topological polar surface area (TPSA) is 169 Å². The highest BCUT2D eigenvalue weighted by molar-refractivity contribution is 5.69. The lowest BCUT2D eigenvalue weighted by Gasteiger charge is -2.41. The SMILES string of the molecule is OC[C@H]1O[C@H](OC2=Cc3c(O)cc(O)cc3OC2c2ccc(O)cc2)[C@H](O)[C@H](O)[C@H]1O. The normalized spacial score (nSPS) is 30.1. The summed E-state index contributed by atoms with van der Waals surface area (Å²) in [5.41, 5.74) is 0.731. The lowest BCUT2D eigenvalue weighted by Crippen LogP contribution is -2.59. The molecule has 2 aromatic carbocycles. The first-order valence-corrected chi connectivity index (χ1v) is 9.49. The van der Waals surface area contributed by atoms with Crippen LogP contribution in [-0.4, -0.2) is 73.1 Å². The largest absolute Gasteiger partial charge is 0.508 e. The smallest absolute Gasteiger partial charge is 0.228 e. The Bertz CT molecular complexity index is 971. The van der Waals surface area contributed by atoms with Gasteiger partial charge < -0.3 is 50.0 Å². The van der Waals surface area contributed by atoms with E-state index in [2.05, 4.69) is 0 Å². The Kier molecular flexibility index (Phi) is 5.65. The number of rotatable bonds is 4. The molecule has 31 heavy (non-hydrogen) atoms. The number of aromatic hydroxyl groups is 3. The molecule has 2 heterocycles. The summed E-state index contributed by atoms with van der Waals surface area (Å²) in [5, 5.41) is 69.2. The van der Waals surface area contributed by atoms with Gasteiger partial charge in [-0.05, 0) is 18.2 Å². The minimum atomic E-state index is -1.64. The Balaban J connectivity index is 1.72. The van der Waals surface area contributed by atoms with Gasteiger partial charge in [-0.25, -0.2) is 0 Å². The number of phenols is 3. The van der Waals surface area contributed by atoms with Crippen LogP contribution in [0.1, 0.15) is 17.2 Å². The molecule has 2 aliphatic heterocycles. The fourth-order valence-electron chi connectivity index (χ4n) is 3.52. The third kappa shape index (κ3) is 3.99. The van der Waals surface area contributed by atoms with Crippen molar-refractivity contribution in [3.8, 4) is 23.0 Å². The van der Waals surface area contributed by atoms with Gasteiger partial charge in [0.05, 0.1) is 12.2 Å². The van der Waals surface area contributed by atoms with Crippen LogP contribution in [0, 0.1) is 0 Å². The van der Waals surface area contributed by atoms with Gasteiger partial charge in [0.2, 0.25) is 6.29 Å². The van der Waals surface area contributed by atoms with E-state index in [0.717, 1.165) is 6.07 Å². The van der Waals surface area contributed by atoms with Gasteiger partial charge in [0.15, 0.2) is 6.10 Å². The maximum atomic E-state index is 10.3. The Morgan fingerprint density at radius 1 is 0.871 bits per heavy atom. The van der Waals surface area contributed by atoms with E-state index in [9.17, 15) is 35.7 Å². The molecule has 2 aromatic rings.